The molecule has 0 bridgehead atoms. The van der Waals surface area contributed by atoms with Gasteiger partial charge in [-0.1, -0.05) is 17.4 Å². The Morgan fingerprint density at radius 3 is 3.04 bits per heavy atom. The van der Waals surface area contributed by atoms with Gasteiger partial charge >= 0.3 is 0 Å². The molecule has 0 aliphatic carbocycles. The van der Waals surface area contributed by atoms with Crippen LogP contribution >= 0.6 is 11.3 Å². The summed E-state index contributed by atoms with van der Waals surface area (Å²) >= 11 is 1.60. The first-order valence-electron chi connectivity index (χ1n) is 8.40. The van der Waals surface area contributed by atoms with Gasteiger partial charge in [0.05, 0.1) is 0 Å². The van der Waals surface area contributed by atoms with Crippen molar-refractivity contribution in [3.8, 4) is 0 Å². The van der Waals surface area contributed by atoms with Crippen molar-refractivity contribution in [1.82, 2.24) is 20.3 Å². The molecule has 3 aromatic rings. The SMILES string of the molecule is Cc1cccc(C(=O)N[C@H]2CCCN(c3nc4cccnc4s3)C2)n1. The van der Waals surface area contributed by atoms with Crippen molar-refractivity contribution in [2.45, 2.75) is 25.8 Å². The Bertz CT molecular complexity index is 876. The van der Waals surface area contributed by atoms with Crippen LogP contribution in [0.25, 0.3) is 10.3 Å². The van der Waals surface area contributed by atoms with Gasteiger partial charge in [-0.2, -0.15) is 0 Å². The maximum absolute atomic E-state index is 12.4. The Kier molecular flexibility index (Phi) is 4.31. The topological polar surface area (TPSA) is 71.0 Å². The highest BCUT2D eigenvalue weighted by molar-refractivity contribution is 7.21. The zero-order valence-electron chi connectivity index (χ0n) is 14.0. The van der Waals surface area contributed by atoms with E-state index in [1.54, 1.807) is 23.6 Å². The summed E-state index contributed by atoms with van der Waals surface area (Å²) in [6.07, 6.45) is 3.78. The van der Waals surface area contributed by atoms with Crippen molar-refractivity contribution in [1.29, 1.82) is 0 Å². The second-order valence-electron chi connectivity index (χ2n) is 6.25. The van der Waals surface area contributed by atoms with Gasteiger partial charge in [-0.3, -0.25) is 4.79 Å². The third-order valence-corrected chi connectivity index (χ3v) is 5.34. The smallest absolute Gasteiger partial charge is 0.270 e. The molecule has 0 spiro atoms. The zero-order valence-corrected chi connectivity index (χ0v) is 14.8. The molecule has 3 aromatic heterocycles. The molecule has 7 heteroatoms. The number of nitrogens with zero attached hydrogens (tertiary/aromatic N) is 4. The van der Waals surface area contributed by atoms with E-state index in [4.69, 9.17) is 0 Å². The van der Waals surface area contributed by atoms with E-state index in [1.165, 1.54) is 0 Å². The number of aryl methyl sites for hydroxylation is 1. The van der Waals surface area contributed by atoms with Crippen LogP contribution in [-0.2, 0) is 0 Å². The number of fused-ring (bicyclic) bond motifs is 1. The second-order valence-corrected chi connectivity index (χ2v) is 7.20. The van der Waals surface area contributed by atoms with E-state index in [1.807, 2.05) is 31.2 Å². The highest BCUT2D eigenvalue weighted by atomic mass is 32.1. The van der Waals surface area contributed by atoms with Crippen LogP contribution in [0.5, 0.6) is 0 Å². The Hall–Kier alpha value is -2.54. The molecule has 1 aliphatic heterocycles. The standard InChI is InChI=1S/C18H19N5OS/c1-12-5-2-7-14(20-12)16(24)21-13-6-4-10-23(11-13)18-22-15-8-3-9-19-17(15)25-18/h2-3,5,7-9,13H,4,6,10-11H2,1H3,(H,21,24)/t13-/m0/s1. The Labute approximate surface area is 149 Å². The molecule has 0 unspecified atom stereocenters. The third kappa shape index (κ3) is 3.46. The molecule has 25 heavy (non-hydrogen) atoms. The molecule has 0 radical (unpaired) electrons. The van der Waals surface area contributed by atoms with E-state index in [9.17, 15) is 4.79 Å². The molecule has 1 fully saturated rings. The first-order valence-corrected chi connectivity index (χ1v) is 9.22. The number of nitrogens with one attached hydrogen (secondary N) is 1. The fraction of sp³-hybridized carbons (Fsp3) is 0.333. The number of hydrogen-bond donors (Lipinski definition) is 1. The van der Waals surface area contributed by atoms with Crippen molar-refractivity contribution >= 4 is 32.7 Å². The van der Waals surface area contributed by atoms with Crippen molar-refractivity contribution in [3.63, 3.8) is 0 Å². The minimum absolute atomic E-state index is 0.100. The van der Waals surface area contributed by atoms with Gasteiger partial charge in [-0.25, -0.2) is 15.0 Å². The van der Waals surface area contributed by atoms with Gasteiger partial charge in [0.25, 0.3) is 5.91 Å². The molecule has 1 amide bonds. The lowest BCUT2D eigenvalue weighted by atomic mass is 10.1. The molecule has 4 heterocycles. The average molecular weight is 353 g/mol. The second kappa shape index (κ2) is 6.76. The van der Waals surface area contributed by atoms with Gasteiger partial charge in [0.15, 0.2) is 5.13 Å². The number of pyridine rings is 2. The van der Waals surface area contributed by atoms with Gasteiger partial charge in [0.2, 0.25) is 0 Å². The number of piperidine rings is 1. The lowest BCUT2D eigenvalue weighted by Gasteiger charge is -2.32. The molecular formula is C18H19N5OS. The molecular weight excluding hydrogens is 334 g/mol. The molecule has 6 nitrogen and oxygen atoms in total. The lowest BCUT2D eigenvalue weighted by Crippen LogP contribution is -2.48. The fourth-order valence-corrected chi connectivity index (χ4v) is 4.03. The number of aromatic nitrogens is 3. The summed E-state index contributed by atoms with van der Waals surface area (Å²) in [5.41, 5.74) is 2.25. The van der Waals surface area contributed by atoms with Gasteiger partial charge in [-0.05, 0) is 44.0 Å². The van der Waals surface area contributed by atoms with Crippen LogP contribution in [0, 0.1) is 6.92 Å². The highest BCUT2D eigenvalue weighted by Gasteiger charge is 2.24. The van der Waals surface area contributed by atoms with Crippen LogP contribution in [0.2, 0.25) is 0 Å². The number of anilines is 1. The average Bonchev–Trinajstić information content (AvgIpc) is 3.06. The summed E-state index contributed by atoms with van der Waals surface area (Å²) in [5.74, 6) is -0.110. The predicted molar refractivity (Wildman–Crippen MR) is 99.1 cm³/mol. The minimum Gasteiger partial charge on any atom is -0.346 e. The van der Waals surface area contributed by atoms with Crippen molar-refractivity contribution in [3.05, 3.63) is 47.9 Å². The minimum atomic E-state index is -0.110. The van der Waals surface area contributed by atoms with Crippen LogP contribution in [0.4, 0.5) is 5.13 Å². The first-order chi connectivity index (χ1) is 12.2. The highest BCUT2D eigenvalue weighted by Crippen LogP contribution is 2.29. The molecule has 1 N–H and O–H groups in total. The van der Waals surface area contributed by atoms with E-state index in [2.05, 4.69) is 25.2 Å². The van der Waals surface area contributed by atoms with Crippen molar-refractivity contribution in [2.24, 2.45) is 0 Å². The predicted octanol–water partition coefficient (Wildman–Crippen LogP) is 2.79. The van der Waals surface area contributed by atoms with Crippen molar-refractivity contribution < 1.29 is 4.79 Å². The van der Waals surface area contributed by atoms with E-state index in [-0.39, 0.29) is 11.9 Å². The number of amides is 1. The van der Waals surface area contributed by atoms with Gasteiger partial charge in [0, 0.05) is 31.0 Å². The number of thiazole rings is 1. The maximum atomic E-state index is 12.4. The number of carbonyl (C=O) groups is 1. The number of carbonyl (C=O) groups excluding carboxylic acids is 1. The molecule has 1 atom stereocenters. The van der Waals surface area contributed by atoms with Gasteiger partial charge in [-0.15, -0.1) is 0 Å². The molecule has 1 aliphatic rings. The Balaban J connectivity index is 1.46. The summed E-state index contributed by atoms with van der Waals surface area (Å²) < 4.78 is 0. The largest absolute Gasteiger partial charge is 0.346 e. The fourth-order valence-electron chi connectivity index (χ4n) is 3.09. The summed E-state index contributed by atoms with van der Waals surface area (Å²) in [6.45, 7) is 3.60. The first kappa shape index (κ1) is 16.0. The number of rotatable bonds is 3. The van der Waals surface area contributed by atoms with Crippen LogP contribution in [0.1, 0.15) is 29.0 Å². The summed E-state index contributed by atoms with van der Waals surface area (Å²) in [4.78, 5) is 29.0. The molecule has 4 rings (SSSR count). The summed E-state index contributed by atoms with van der Waals surface area (Å²) in [5, 5.41) is 4.09. The summed E-state index contributed by atoms with van der Waals surface area (Å²) in [6, 6.07) is 9.49. The van der Waals surface area contributed by atoms with Gasteiger partial charge in [0.1, 0.15) is 16.0 Å². The van der Waals surface area contributed by atoms with Crippen molar-refractivity contribution in [2.75, 3.05) is 18.0 Å². The zero-order chi connectivity index (χ0) is 17.2. The van der Waals surface area contributed by atoms with E-state index in [0.29, 0.717) is 5.69 Å². The monoisotopic (exact) mass is 353 g/mol. The lowest BCUT2D eigenvalue weighted by molar-refractivity contribution is 0.0928. The molecule has 0 saturated carbocycles. The van der Waals surface area contributed by atoms with E-state index >= 15 is 0 Å². The van der Waals surface area contributed by atoms with Gasteiger partial charge < -0.3 is 10.2 Å². The Morgan fingerprint density at radius 2 is 2.20 bits per heavy atom. The van der Waals surface area contributed by atoms with Crippen LogP contribution in [0.15, 0.2) is 36.5 Å². The normalized spacial score (nSPS) is 17.6. The summed E-state index contributed by atoms with van der Waals surface area (Å²) in [7, 11) is 0. The maximum Gasteiger partial charge on any atom is 0.270 e. The third-order valence-electron chi connectivity index (χ3n) is 4.30. The number of hydrogen-bond acceptors (Lipinski definition) is 6. The molecule has 1 saturated heterocycles. The van der Waals surface area contributed by atoms with E-state index in [0.717, 1.165) is 47.1 Å². The van der Waals surface area contributed by atoms with Crippen LogP contribution in [-0.4, -0.2) is 40.0 Å². The van der Waals surface area contributed by atoms with Crippen LogP contribution < -0.4 is 10.2 Å². The van der Waals surface area contributed by atoms with E-state index < -0.39 is 0 Å². The molecule has 0 aromatic carbocycles. The Morgan fingerprint density at radius 1 is 1.28 bits per heavy atom. The molecule has 128 valence electrons. The van der Waals surface area contributed by atoms with Crippen LogP contribution in [0.3, 0.4) is 0 Å². The quantitative estimate of drug-likeness (QED) is 0.784.